The van der Waals surface area contributed by atoms with Crippen molar-refractivity contribution in [2.24, 2.45) is 0 Å². The van der Waals surface area contributed by atoms with E-state index in [1.165, 1.54) is 24.1 Å². The van der Waals surface area contributed by atoms with E-state index in [0.29, 0.717) is 26.4 Å². The predicted molar refractivity (Wildman–Crippen MR) is 144 cm³/mol. The van der Waals surface area contributed by atoms with Crippen LogP contribution in [0.5, 0.6) is 11.5 Å². The van der Waals surface area contributed by atoms with Gasteiger partial charge in [0, 0.05) is 21.1 Å². The Morgan fingerprint density at radius 1 is 1.03 bits per heavy atom. The van der Waals surface area contributed by atoms with Crippen LogP contribution in [0.4, 0.5) is 10.5 Å². The Hall–Kier alpha value is -3.15. The van der Waals surface area contributed by atoms with Gasteiger partial charge in [-0.2, -0.15) is 0 Å². The van der Waals surface area contributed by atoms with Crippen LogP contribution in [0.1, 0.15) is 16.7 Å². The van der Waals surface area contributed by atoms with Crippen LogP contribution in [0.25, 0.3) is 6.08 Å². The molecule has 184 valence electrons. The number of hydrogen-bond donors (Lipinski definition) is 0. The number of rotatable bonds is 8. The van der Waals surface area contributed by atoms with Crippen molar-refractivity contribution in [3.63, 3.8) is 0 Å². The normalized spacial score (nSPS) is 14.4. The van der Waals surface area contributed by atoms with Crippen LogP contribution >= 0.6 is 43.6 Å². The van der Waals surface area contributed by atoms with Crippen LogP contribution in [0, 0.1) is 10.1 Å². The number of imide groups is 1. The van der Waals surface area contributed by atoms with Crippen LogP contribution in [-0.2, 0) is 17.9 Å². The van der Waals surface area contributed by atoms with Crippen LogP contribution in [0.3, 0.4) is 0 Å². The number of amides is 2. The largest absolute Gasteiger partial charge is 0.493 e. The molecule has 1 saturated heterocycles. The summed E-state index contributed by atoms with van der Waals surface area (Å²) in [6.07, 6.45) is 1.64. The fraction of sp³-hybridized carbons (Fsp3) is 0.120. The molecule has 1 fully saturated rings. The van der Waals surface area contributed by atoms with Gasteiger partial charge in [-0.15, -0.1) is 0 Å². The lowest BCUT2D eigenvalue weighted by atomic mass is 10.1. The van der Waals surface area contributed by atoms with Gasteiger partial charge in [0.25, 0.3) is 16.8 Å². The first kappa shape index (κ1) is 25.9. The van der Waals surface area contributed by atoms with E-state index >= 15 is 0 Å². The molecule has 2 amide bonds. The van der Waals surface area contributed by atoms with E-state index in [-0.39, 0.29) is 30.0 Å². The summed E-state index contributed by atoms with van der Waals surface area (Å²) < 4.78 is 12.8. The highest BCUT2D eigenvalue weighted by molar-refractivity contribution is 9.10. The third-order valence-corrected chi connectivity index (χ3v) is 7.64. The number of hydrogen-bond acceptors (Lipinski definition) is 7. The maximum atomic E-state index is 13.0. The van der Waals surface area contributed by atoms with Crippen molar-refractivity contribution in [3.8, 4) is 11.5 Å². The van der Waals surface area contributed by atoms with Crippen LogP contribution in [0.2, 0.25) is 0 Å². The van der Waals surface area contributed by atoms with E-state index in [1.807, 2.05) is 24.3 Å². The van der Waals surface area contributed by atoms with Gasteiger partial charge in [-0.1, -0.05) is 50.1 Å². The first-order chi connectivity index (χ1) is 17.3. The number of carbonyl (C=O) groups excluding carboxylic acids is 2. The van der Waals surface area contributed by atoms with Crippen molar-refractivity contribution < 1.29 is 24.0 Å². The fourth-order valence-corrected chi connectivity index (χ4v) is 5.06. The van der Waals surface area contributed by atoms with Gasteiger partial charge in [0.15, 0.2) is 11.5 Å². The molecule has 0 atom stereocenters. The van der Waals surface area contributed by atoms with Gasteiger partial charge in [0.05, 0.1) is 23.5 Å². The van der Waals surface area contributed by atoms with Crippen LogP contribution in [-0.4, -0.2) is 28.1 Å². The Labute approximate surface area is 227 Å². The number of nitrogens with zero attached hydrogens (tertiary/aromatic N) is 2. The van der Waals surface area contributed by atoms with Crippen molar-refractivity contribution in [1.82, 2.24) is 4.90 Å². The Kier molecular flexibility index (Phi) is 8.12. The fourth-order valence-electron chi connectivity index (χ4n) is 3.38. The summed E-state index contributed by atoms with van der Waals surface area (Å²) in [4.78, 5) is 37.4. The smallest absolute Gasteiger partial charge is 0.293 e. The Morgan fingerprint density at radius 2 is 1.75 bits per heavy atom. The molecule has 3 aromatic rings. The molecule has 0 aromatic heterocycles. The highest BCUT2D eigenvalue weighted by Gasteiger charge is 2.35. The van der Waals surface area contributed by atoms with Gasteiger partial charge < -0.3 is 9.47 Å². The van der Waals surface area contributed by atoms with Gasteiger partial charge >= 0.3 is 0 Å². The Morgan fingerprint density at radius 3 is 2.42 bits per heavy atom. The molecule has 3 aromatic carbocycles. The summed E-state index contributed by atoms with van der Waals surface area (Å²) >= 11 is 7.84. The summed E-state index contributed by atoms with van der Waals surface area (Å²) in [5, 5.41) is 10.5. The molecule has 8 nitrogen and oxygen atoms in total. The molecule has 0 bridgehead atoms. The molecule has 0 N–H and O–H groups in total. The minimum absolute atomic E-state index is 0.00393. The zero-order chi connectivity index (χ0) is 25.8. The second kappa shape index (κ2) is 11.3. The number of benzene rings is 3. The second-order valence-corrected chi connectivity index (χ2v) is 10.3. The molecule has 0 spiro atoms. The highest BCUT2D eigenvalue weighted by Crippen LogP contribution is 2.39. The maximum absolute atomic E-state index is 13.0. The van der Waals surface area contributed by atoms with Gasteiger partial charge in [0.1, 0.15) is 6.61 Å². The lowest BCUT2D eigenvalue weighted by Crippen LogP contribution is -2.27. The first-order valence-corrected chi connectivity index (χ1v) is 12.9. The molecule has 1 aliphatic rings. The maximum Gasteiger partial charge on any atom is 0.293 e. The standard InChI is InChI=1S/C25H18Br2N2O6S/c1-34-21-10-17(20(27)12-22(21)35-14-15-6-8-18(9-7-15)29(32)33)11-23-24(30)28(25(31)36-23)13-16-4-2-3-5-19(16)26/h2-12H,13-14H2,1H3/b23-11-. The Bertz CT molecular complexity index is 1380. The number of carbonyl (C=O) groups is 2. The summed E-state index contributed by atoms with van der Waals surface area (Å²) in [5.41, 5.74) is 2.23. The second-order valence-electron chi connectivity index (χ2n) is 7.60. The number of nitro benzene ring substituents is 1. The summed E-state index contributed by atoms with van der Waals surface area (Å²) in [6, 6.07) is 16.9. The average Bonchev–Trinajstić information content (AvgIpc) is 3.12. The van der Waals surface area contributed by atoms with Gasteiger partial charge in [-0.3, -0.25) is 24.6 Å². The van der Waals surface area contributed by atoms with Gasteiger partial charge in [-0.25, -0.2) is 0 Å². The molecule has 0 unspecified atom stereocenters. The number of halogens is 2. The number of thioether (sulfide) groups is 1. The molecular formula is C25H18Br2N2O6S. The number of ether oxygens (including phenoxy) is 2. The quantitative estimate of drug-likeness (QED) is 0.150. The molecule has 4 rings (SSSR count). The topological polar surface area (TPSA) is 99.0 Å². The van der Waals surface area contributed by atoms with Crippen molar-refractivity contribution in [1.29, 1.82) is 0 Å². The van der Waals surface area contributed by atoms with Crippen LogP contribution < -0.4 is 9.47 Å². The van der Waals surface area contributed by atoms with Crippen molar-refractivity contribution >= 4 is 66.5 Å². The number of methoxy groups -OCH3 is 1. The molecule has 0 aliphatic carbocycles. The Balaban J connectivity index is 1.52. The van der Waals surface area contributed by atoms with E-state index in [1.54, 1.807) is 30.3 Å². The molecule has 36 heavy (non-hydrogen) atoms. The molecule has 1 heterocycles. The minimum Gasteiger partial charge on any atom is -0.493 e. The predicted octanol–water partition coefficient (Wildman–Crippen LogP) is 6.94. The monoisotopic (exact) mass is 632 g/mol. The zero-order valence-electron chi connectivity index (χ0n) is 18.8. The van der Waals surface area contributed by atoms with E-state index < -0.39 is 4.92 Å². The lowest BCUT2D eigenvalue weighted by molar-refractivity contribution is -0.384. The van der Waals surface area contributed by atoms with Gasteiger partial charge in [0.2, 0.25) is 0 Å². The van der Waals surface area contributed by atoms with Crippen molar-refractivity contribution in [2.75, 3.05) is 7.11 Å². The zero-order valence-corrected chi connectivity index (χ0v) is 22.8. The first-order valence-electron chi connectivity index (χ1n) is 10.5. The van der Waals surface area contributed by atoms with Crippen molar-refractivity contribution in [2.45, 2.75) is 13.2 Å². The van der Waals surface area contributed by atoms with E-state index in [4.69, 9.17) is 9.47 Å². The molecular weight excluding hydrogens is 616 g/mol. The third kappa shape index (κ3) is 5.80. The van der Waals surface area contributed by atoms with E-state index in [0.717, 1.165) is 27.4 Å². The minimum atomic E-state index is -0.460. The third-order valence-electron chi connectivity index (χ3n) is 5.27. The number of non-ortho nitro benzene ring substituents is 1. The average molecular weight is 634 g/mol. The summed E-state index contributed by atoms with van der Waals surface area (Å²) in [5.74, 6) is 0.505. The van der Waals surface area contributed by atoms with E-state index in [9.17, 15) is 19.7 Å². The van der Waals surface area contributed by atoms with Gasteiger partial charge in [-0.05, 0) is 64.9 Å². The SMILES string of the molecule is COc1cc(/C=C2\SC(=O)N(Cc3ccccc3Br)C2=O)c(Br)cc1OCc1ccc([N+](=O)[O-])cc1. The highest BCUT2D eigenvalue weighted by atomic mass is 79.9. The molecule has 0 saturated carbocycles. The van der Waals surface area contributed by atoms with E-state index in [2.05, 4.69) is 31.9 Å². The molecule has 0 radical (unpaired) electrons. The molecule has 11 heteroatoms. The molecule has 1 aliphatic heterocycles. The van der Waals surface area contributed by atoms with Crippen molar-refractivity contribution in [3.05, 3.63) is 101 Å². The van der Waals surface area contributed by atoms with Crippen LogP contribution in [0.15, 0.2) is 74.5 Å². The number of nitro groups is 1. The summed E-state index contributed by atoms with van der Waals surface area (Å²) in [7, 11) is 1.50. The summed E-state index contributed by atoms with van der Waals surface area (Å²) in [6.45, 7) is 0.345. The lowest BCUT2D eigenvalue weighted by Gasteiger charge is -2.14.